The molecule has 4 saturated carbocycles. The molecule has 4 aliphatic rings. The normalized spacial score (nSPS) is 50.3. The SMILES string of the molecule is CC(CO)CCC[C@@H](C)[C@H]1CC[C@H]2[C@@H]3[C@H](O)C[C@@H]4C[C@H](O)CC[C@]4(C)[C@H]3CC[C@]12C. The van der Waals surface area contributed by atoms with Crippen molar-refractivity contribution in [3.63, 3.8) is 0 Å². The molecule has 174 valence electrons. The topological polar surface area (TPSA) is 60.7 Å². The molecule has 1 unspecified atom stereocenters. The van der Waals surface area contributed by atoms with Crippen LogP contribution in [0.25, 0.3) is 0 Å². The van der Waals surface area contributed by atoms with E-state index in [-0.39, 0.29) is 12.2 Å². The fourth-order valence-corrected chi connectivity index (χ4v) is 9.26. The Kier molecular flexibility index (Phi) is 6.66. The summed E-state index contributed by atoms with van der Waals surface area (Å²) in [5, 5.41) is 30.9. The van der Waals surface area contributed by atoms with Crippen molar-refractivity contribution in [2.24, 2.45) is 52.3 Å². The monoisotopic (exact) mass is 420 g/mol. The summed E-state index contributed by atoms with van der Waals surface area (Å²) in [7, 11) is 0. The lowest BCUT2D eigenvalue weighted by molar-refractivity contribution is -0.174. The molecular formula is C27H48O3. The first-order valence-electron chi connectivity index (χ1n) is 13.2. The Balaban J connectivity index is 1.47. The molecule has 4 rings (SSSR count). The highest BCUT2D eigenvalue weighted by atomic mass is 16.3. The highest BCUT2D eigenvalue weighted by molar-refractivity contribution is 5.11. The van der Waals surface area contributed by atoms with Gasteiger partial charge in [0.05, 0.1) is 12.2 Å². The van der Waals surface area contributed by atoms with Gasteiger partial charge in [-0.15, -0.1) is 0 Å². The fourth-order valence-electron chi connectivity index (χ4n) is 9.26. The third kappa shape index (κ3) is 3.79. The Morgan fingerprint density at radius 1 is 0.867 bits per heavy atom. The Morgan fingerprint density at radius 3 is 2.30 bits per heavy atom. The summed E-state index contributed by atoms with van der Waals surface area (Å²) >= 11 is 0. The predicted octanol–water partition coefficient (Wildman–Crippen LogP) is 5.41. The van der Waals surface area contributed by atoms with Gasteiger partial charge in [-0.1, -0.05) is 40.5 Å². The molecule has 0 saturated heterocycles. The zero-order chi connectivity index (χ0) is 21.7. The highest BCUT2D eigenvalue weighted by Gasteiger charge is 2.62. The average Bonchev–Trinajstić information content (AvgIpc) is 3.06. The minimum atomic E-state index is -0.164. The molecule has 4 fully saturated rings. The van der Waals surface area contributed by atoms with E-state index in [1.54, 1.807) is 0 Å². The lowest BCUT2D eigenvalue weighted by Gasteiger charge is -2.62. The van der Waals surface area contributed by atoms with Gasteiger partial charge >= 0.3 is 0 Å². The van der Waals surface area contributed by atoms with E-state index in [0.29, 0.717) is 47.0 Å². The van der Waals surface area contributed by atoms with Gasteiger partial charge in [-0.2, -0.15) is 0 Å². The van der Waals surface area contributed by atoms with E-state index in [1.165, 1.54) is 38.5 Å². The third-order valence-electron chi connectivity index (χ3n) is 11.1. The van der Waals surface area contributed by atoms with Crippen LogP contribution in [0.5, 0.6) is 0 Å². The second-order valence-electron chi connectivity index (χ2n) is 12.6. The van der Waals surface area contributed by atoms with Gasteiger partial charge in [0.25, 0.3) is 0 Å². The minimum Gasteiger partial charge on any atom is -0.396 e. The van der Waals surface area contributed by atoms with Crippen LogP contribution < -0.4 is 0 Å². The maximum Gasteiger partial charge on any atom is 0.0577 e. The molecule has 30 heavy (non-hydrogen) atoms. The van der Waals surface area contributed by atoms with Crippen LogP contribution in [0.2, 0.25) is 0 Å². The number of rotatable bonds is 6. The van der Waals surface area contributed by atoms with Gasteiger partial charge in [0, 0.05) is 6.61 Å². The Bertz CT molecular complexity index is 593. The average molecular weight is 421 g/mol. The molecule has 0 aromatic heterocycles. The second kappa shape index (κ2) is 8.67. The van der Waals surface area contributed by atoms with Crippen LogP contribution in [0, 0.1) is 52.3 Å². The first-order valence-corrected chi connectivity index (χ1v) is 13.2. The lowest BCUT2D eigenvalue weighted by atomic mass is 9.43. The van der Waals surface area contributed by atoms with Crippen molar-refractivity contribution < 1.29 is 15.3 Å². The van der Waals surface area contributed by atoms with Crippen LogP contribution in [-0.2, 0) is 0 Å². The summed E-state index contributed by atoms with van der Waals surface area (Å²) < 4.78 is 0. The van der Waals surface area contributed by atoms with Gasteiger partial charge in [-0.25, -0.2) is 0 Å². The third-order valence-corrected chi connectivity index (χ3v) is 11.1. The molecule has 3 N–H and O–H groups in total. The van der Waals surface area contributed by atoms with E-state index >= 15 is 0 Å². The molecule has 0 radical (unpaired) electrons. The Hall–Kier alpha value is -0.120. The Morgan fingerprint density at radius 2 is 1.57 bits per heavy atom. The van der Waals surface area contributed by atoms with Crippen LogP contribution in [0.3, 0.4) is 0 Å². The second-order valence-corrected chi connectivity index (χ2v) is 12.6. The van der Waals surface area contributed by atoms with Gasteiger partial charge in [0.15, 0.2) is 0 Å². The summed E-state index contributed by atoms with van der Waals surface area (Å²) in [5.74, 6) is 4.28. The number of fused-ring (bicyclic) bond motifs is 5. The van der Waals surface area contributed by atoms with Crippen molar-refractivity contribution in [1.29, 1.82) is 0 Å². The van der Waals surface area contributed by atoms with E-state index in [9.17, 15) is 15.3 Å². The van der Waals surface area contributed by atoms with Gasteiger partial charge in [-0.3, -0.25) is 0 Å². The predicted molar refractivity (Wildman–Crippen MR) is 122 cm³/mol. The van der Waals surface area contributed by atoms with Crippen molar-refractivity contribution in [2.45, 2.75) is 111 Å². The summed E-state index contributed by atoms with van der Waals surface area (Å²) in [6, 6.07) is 0. The molecule has 3 heteroatoms. The smallest absolute Gasteiger partial charge is 0.0577 e. The molecule has 0 aromatic rings. The summed E-state index contributed by atoms with van der Waals surface area (Å²) in [4.78, 5) is 0. The summed E-state index contributed by atoms with van der Waals surface area (Å²) in [6.07, 6.45) is 12.5. The van der Waals surface area contributed by atoms with Crippen LogP contribution in [0.15, 0.2) is 0 Å². The standard InChI is InChI=1S/C27H48O3/c1-17(16-28)6-5-7-18(2)21-8-9-22-25-23(11-13-27(21,22)4)26(3)12-10-20(29)14-19(26)15-24(25)30/h17-25,28-30H,5-16H2,1-4H3/t17?,18-,19+,20-,21-,22+,23+,24-,25+,26+,27-/m1/s1. The van der Waals surface area contributed by atoms with Crippen molar-refractivity contribution in [3.05, 3.63) is 0 Å². The van der Waals surface area contributed by atoms with Gasteiger partial charge in [0.2, 0.25) is 0 Å². The maximum absolute atomic E-state index is 11.4. The summed E-state index contributed by atoms with van der Waals surface area (Å²) in [6.45, 7) is 10.0. The van der Waals surface area contributed by atoms with Crippen molar-refractivity contribution in [3.8, 4) is 0 Å². The zero-order valence-corrected chi connectivity index (χ0v) is 20.0. The highest BCUT2D eigenvalue weighted by Crippen LogP contribution is 2.68. The van der Waals surface area contributed by atoms with Crippen LogP contribution in [0.4, 0.5) is 0 Å². The van der Waals surface area contributed by atoms with E-state index < -0.39 is 0 Å². The Labute approximate surface area is 185 Å². The zero-order valence-electron chi connectivity index (χ0n) is 20.0. The molecule has 0 amide bonds. The van der Waals surface area contributed by atoms with Gasteiger partial charge in [0.1, 0.15) is 0 Å². The molecule has 11 atom stereocenters. The first kappa shape index (κ1) is 23.1. The largest absolute Gasteiger partial charge is 0.396 e. The number of aliphatic hydroxyl groups excluding tert-OH is 3. The number of hydrogen-bond acceptors (Lipinski definition) is 3. The first-order chi connectivity index (χ1) is 14.2. The maximum atomic E-state index is 11.4. The molecule has 0 aromatic carbocycles. The number of hydrogen-bond donors (Lipinski definition) is 3. The van der Waals surface area contributed by atoms with E-state index in [2.05, 4.69) is 27.7 Å². The number of aliphatic hydroxyl groups is 3. The molecule has 0 heterocycles. The quantitative estimate of drug-likeness (QED) is 0.538. The van der Waals surface area contributed by atoms with Crippen LogP contribution in [-0.4, -0.2) is 34.1 Å². The van der Waals surface area contributed by atoms with Crippen molar-refractivity contribution in [1.82, 2.24) is 0 Å². The molecular weight excluding hydrogens is 372 g/mol. The molecule has 0 bridgehead atoms. The molecule has 0 spiro atoms. The molecule has 3 nitrogen and oxygen atoms in total. The van der Waals surface area contributed by atoms with Gasteiger partial charge < -0.3 is 15.3 Å². The molecule has 4 aliphatic carbocycles. The fraction of sp³-hybridized carbons (Fsp3) is 1.00. The minimum absolute atomic E-state index is 0.147. The summed E-state index contributed by atoms with van der Waals surface area (Å²) in [5.41, 5.74) is 0.718. The van der Waals surface area contributed by atoms with E-state index in [1.807, 2.05) is 0 Å². The van der Waals surface area contributed by atoms with Crippen molar-refractivity contribution >= 4 is 0 Å². The molecule has 0 aliphatic heterocycles. The van der Waals surface area contributed by atoms with E-state index in [0.717, 1.165) is 43.9 Å². The van der Waals surface area contributed by atoms with Crippen LogP contribution in [0.1, 0.15) is 98.3 Å². The van der Waals surface area contributed by atoms with E-state index in [4.69, 9.17) is 0 Å². The van der Waals surface area contributed by atoms with Gasteiger partial charge in [-0.05, 0) is 110 Å². The van der Waals surface area contributed by atoms with Crippen molar-refractivity contribution in [2.75, 3.05) is 6.61 Å². The van der Waals surface area contributed by atoms with Crippen LogP contribution >= 0.6 is 0 Å². The lowest BCUT2D eigenvalue weighted by Crippen LogP contribution is -2.58.